The van der Waals surface area contributed by atoms with Crippen molar-refractivity contribution in [2.75, 3.05) is 18.6 Å². The van der Waals surface area contributed by atoms with Crippen molar-refractivity contribution in [1.82, 2.24) is 19.2 Å². The van der Waals surface area contributed by atoms with Gasteiger partial charge in [0.05, 0.1) is 33.1 Å². The number of carbonyl (C=O) groups excluding carboxylic acids is 1. The zero-order chi connectivity index (χ0) is 26.5. The van der Waals surface area contributed by atoms with E-state index in [-0.39, 0.29) is 34.0 Å². The molecule has 12 heteroatoms. The average molecular weight is 535 g/mol. The van der Waals surface area contributed by atoms with E-state index in [1.54, 1.807) is 34.9 Å². The Morgan fingerprint density at radius 2 is 1.72 bits per heavy atom. The number of rotatable bonds is 6. The van der Waals surface area contributed by atoms with Crippen LogP contribution in [0.25, 0.3) is 16.7 Å². The highest BCUT2D eigenvalue weighted by molar-refractivity contribution is 7.91. The van der Waals surface area contributed by atoms with Crippen molar-refractivity contribution in [2.24, 2.45) is 0 Å². The minimum atomic E-state index is -3.71. The minimum absolute atomic E-state index is 0.0265. The molecule has 0 radical (unpaired) electrons. The first-order valence-electron chi connectivity index (χ1n) is 11.6. The number of amides is 1. The number of benzene rings is 2. The van der Waals surface area contributed by atoms with Gasteiger partial charge in [0.25, 0.3) is 5.91 Å². The largest absolute Gasteiger partial charge is 0.347 e. The van der Waals surface area contributed by atoms with Crippen molar-refractivity contribution >= 4 is 36.8 Å². The van der Waals surface area contributed by atoms with E-state index >= 15 is 0 Å². The number of sulfone groups is 1. The molecule has 194 valence electrons. The molecule has 10 nitrogen and oxygen atoms in total. The Kier molecular flexibility index (Phi) is 6.65. The summed E-state index contributed by atoms with van der Waals surface area (Å²) in [7, 11) is -5.47. The Hall–Kier alpha value is -2.96. The molecule has 36 heavy (non-hydrogen) atoms. The van der Waals surface area contributed by atoms with Crippen LogP contribution in [0.5, 0.6) is 0 Å². The second kappa shape index (κ2) is 9.16. The number of imidazole rings is 1. The van der Waals surface area contributed by atoms with Crippen molar-refractivity contribution in [3.05, 3.63) is 58.5 Å². The molecule has 1 saturated heterocycles. The molecule has 2 heterocycles. The van der Waals surface area contributed by atoms with Crippen LogP contribution in [0.1, 0.15) is 50.0 Å². The highest BCUT2D eigenvalue weighted by atomic mass is 32.2. The van der Waals surface area contributed by atoms with E-state index in [9.17, 15) is 26.4 Å². The molecule has 1 fully saturated rings. The molecule has 0 aliphatic carbocycles. The van der Waals surface area contributed by atoms with Crippen LogP contribution in [0.3, 0.4) is 0 Å². The lowest BCUT2D eigenvalue weighted by Crippen LogP contribution is -2.50. The second-order valence-corrected chi connectivity index (χ2v) is 13.8. The maximum absolute atomic E-state index is 13.5. The fourth-order valence-electron chi connectivity index (χ4n) is 4.48. The molecular formula is C24H30N4O6S2. The summed E-state index contributed by atoms with van der Waals surface area (Å²) in [5.41, 5.74) is 0.783. The van der Waals surface area contributed by atoms with Gasteiger partial charge in [-0.2, -0.15) is 0 Å². The maximum Gasteiger partial charge on any atom is 0.333 e. The number of fused-ring (bicyclic) bond motifs is 1. The quantitative estimate of drug-likeness (QED) is 0.496. The monoisotopic (exact) mass is 534 g/mol. The molecule has 3 aromatic rings. The summed E-state index contributed by atoms with van der Waals surface area (Å²) in [5, 5.41) is 2.98. The van der Waals surface area contributed by atoms with Crippen LogP contribution in [-0.2, 0) is 19.9 Å². The minimum Gasteiger partial charge on any atom is -0.347 e. The van der Waals surface area contributed by atoms with Gasteiger partial charge < -0.3 is 5.32 Å². The summed E-state index contributed by atoms with van der Waals surface area (Å²) < 4.78 is 53.5. The van der Waals surface area contributed by atoms with Crippen molar-refractivity contribution < 1.29 is 21.6 Å². The van der Waals surface area contributed by atoms with Crippen LogP contribution in [-0.4, -0.2) is 56.0 Å². The van der Waals surface area contributed by atoms with Crippen LogP contribution in [0.15, 0.2) is 52.2 Å². The Morgan fingerprint density at radius 1 is 1.06 bits per heavy atom. The topological polar surface area (TPSA) is 136 Å². The fourth-order valence-corrected chi connectivity index (χ4v) is 6.97. The average Bonchev–Trinajstić information content (AvgIpc) is 3.12. The first kappa shape index (κ1) is 26.1. The Balaban J connectivity index is 1.78. The van der Waals surface area contributed by atoms with Crippen LogP contribution in [0.2, 0.25) is 0 Å². The predicted molar refractivity (Wildman–Crippen MR) is 138 cm³/mol. The molecule has 0 unspecified atom stereocenters. The van der Waals surface area contributed by atoms with Gasteiger partial charge >= 0.3 is 5.69 Å². The Morgan fingerprint density at radius 3 is 2.33 bits per heavy atom. The molecule has 2 aromatic carbocycles. The molecule has 0 atom stereocenters. The molecule has 4 rings (SSSR count). The molecule has 1 aliphatic rings. The lowest BCUT2D eigenvalue weighted by molar-refractivity contribution is 0.0900. The van der Waals surface area contributed by atoms with Crippen molar-refractivity contribution in [1.29, 1.82) is 0 Å². The highest BCUT2D eigenvalue weighted by Crippen LogP contribution is 2.26. The standard InChI is InChI=1S/C24H30N4O6S2/c1-16(2)27-21-14-17(22(29)26-24(3)10-12-35(31,32)13-11-24)8-9-20(21)28(23(27)30)18-6-5-7-19(15-18)36(33,34)25-4/h5-9,14-16,25H,10-13H2,1-4H3,(H,26,29). The van der Waals surface area contributed by atoms with E-state index in [1.165, 1.54) is 23.7 Å². The lowest BCUT2D eigenvalue weighted by Gasteiger charge is -2.34. The van der Waals surface area contributed by atoms with E-state index in [1.807, 2.05) is 20.8 Å². The van der Waals surface area contributed by atoms with E-state index in [0.717, 1.165) is 0 Å². The van der Waals surface area contributed by atoms with Gasteiger partial charge in [0.1, 0.15) is 9.84 Å². The lowest BCUT2D eigenvalue weighted by atomic mass is 9.94. The maximum atomic E-state index is 13.5. The summed E-state index contributed by atoms with van der Waals surface area (Å²) >= 11 is 0. The molecule has 1 aliphatic heterocycles. The summed E-state index contributed by atoms with van der Waals surface area (Å²) in [6, 6.07) is 10.8. The van der Waals surface area contributed by atoms with Crippen molar-refractivity contribution in [2.45, 2.75) is 50.1 Å². The fraction of sp³-hybridized carbons (Fsp3) is 0.417. The number of carbonyl (C=O) groups is 1. The molecule has 1 amide bonds. The number of nitrogens with zero attached hydrogens (tertiary/aromatic N) is 2. The first-order chi connectivity index (χ1) is 16.8. The highest BCUT2D eigenvalue weighted by Gasteiger charge is 2.34. The SMILES string of the molecule is CNS(=O)(=O)c1cccc(-n2c(=O)n(C(C)C)c3cc(C(=O)NC4(C)CCS(=O)(=O)CC4)ccc32)c1. The van der Waals surface area contributed by atoms with Gasteiger partial charge in [0.2, 0.25) is 10.0 Å². The third-order valence-electron chi connectivity index (χ3n) is 6.65. The van der Waals surface area contributed by atoms with Crippen molar-refractivity contribution in [3.63, 3.8) is 0 Å². The van der Waals surface area contributed by atoms with E-state index < -0.39 is 25.4 Å². The third-order valence-corrected chi connectivity index (χ3v) is 9.72. The van der Waals surface area contributed by atoms with Gasteiger partial charge in [0, 0.05) is 17.1 Å². The first-order valence-corrected chi connectivity index (χ1v) is 14.9. The second-order valence-electron chi connectivity index (χ2n) is 9.66. The number of hydrogen-bond acceptors (Lipinski definition) is 6. The van der Waals surface area contributed by atoms with E-state index in [2.05, 4.69) is 10.0 Å². The van der Waals surface area contributed by atoms with Gasteiger partial charge in [0.15, 0.2) is 0 Å². The van der Waals surface area contributed by atoms with Gasteiger partial charge in [-0.1, -0.05) is 6.07 Å². The summed E-state index contributed by atoms with van der Waals surface area (Å²) in [6.07, 6.45) is 0.671. The number of sulfonamides is 1. The van der Waals surface area contributed by atoms with Gasteiger partial charge in [-0.15, -0.1) is 0 Å². The Labute approximate surface area is 210 Å². The smallest absolute Gasteiger partial charge is 0.333 e. The summed E-state index contributed by atoms with van der Waals surface area (Å²) in [5.74, 6) is -0.293. The molecular weight excluding hydrogens is 504 g/mol. The normalized spacial score (nSPS) is 17.4. The molecule has 0 bridgehead atoms. The zero-order valence-electron chi connectivity index (χ0n) is 20.6. The zero-order valence-corrected chi connectivity index (χ0v) is 22.2. The van der Waals surface area contributed by atoms with Gasteiger partial charge in [-0.3, -0.25) is 13.9 Å². The van der Waals surface area contributed by atoms with E-state index in [4.69, 9.17) is 0 Å². The Bertz CT molecular complexity index is 1600. The van der Waals surface area contributed by atoms with Crippen LogP contribution < -0.4 is 15.7 Å². The molecule has 1 aromatic heterocycles. The number of nitrogens with one attached hydrogen (secondary N) is 2. The molecule has 0 saturated carbocycles. The summed E-state index contributed by atoms with van der Waals surface area (Å²) in [4.78, 5) is 26.6. The predicted octanol–water partition coefficient (Wildman–Crippen LogP) is 1.98. The van der Waals surface area contributed by atoms with Crippen LogP contribution in [0, 0.1) is 0 Å². The van der Waals surface area contributed by atoms with Gasteiger partial charge in [-0.05, 0) is 77.1 Å². The molecule has 2 N–H and O–H groups in total. The van der Waals surface area contributed by atoms with Crippen molar-refractivity contribution in [3.8, 4) is 5.69 Å². The number of aromatic nitrogens is 2. The number of hydrogen-bond donors (Lipinski definition) is 2. The van der Waals surface area contributed by atoms with Crippen LogP contribution >= 0.6 is 0 Å². The summed E-state index contributed by atoms with van der Waals surface area (Å²) in [6.45, 7) is 5.54. The van der Waals surface area contributed by atoms with Crippen LogP contribution in [0.4, 0.5) is 0 Å². The van der Waals surface area contributed by atoms with Gasteiger partial charge in [-0.25, -0.2) is 26.4 Å². The van der Waals surface area contributed by atoms with E-state index in [0.29, 0.717) is 35.1 Å². The molecule has 0 spiro atoms. The third kappa shape index (κ3) is 4.84.